The first kappa shape index (κ1) is 14.9. The van der Waals surface area contributed by atoms with Crippen LogP contribution in [-0.4, -0.2) is 32.0 Å². The Labute approximate surface area is 130 Å². The van der Waals surface area contributed by atoms with E-state index in [4.69, 9.17) is 15.2 Å². The molecule has 0 aliphatic heterocycles. The lowest BCUT2D eigenvalue weighted by Crippen LogP contribution is -2.46. The van der Waals surface area contributed by atoms with Gasteiger partial charge >= 0.3 is 0 Å². The van der Waals surface area contributed by atoms with E-state index in [0.29, 0.717) is 6.42 Å². The summed E-state index contributed by atoms with van der Waals surface area (Å²) >= 11 is 0. The average Bonchev–Trinajstić information content (AvgIpc) is 2.87. The number of benzene rings is 2. The molecule has 0 fully saturated rings. The van der Waals surface area contributed by atoms with Crippen molar-refractivity contribution in [1.82, 2.24) is 0 Å². The minimum absolute atomic E-state index is 0.0747. The highest BCUT2D eigenvalue weighted by Crippen LogP contribution is 2.48. The third-order valence-electron chi connectivity index (χ3n) is 4.69. The molecule has 0 aromatic heterocycles. The van der Waals surface area contributed by atoms with Crippen molar-refractivity contribution in [3.63, 3.8) is 0 Å². The molecule has 116 valence electrons. The van der Waals surface area contributed by atoms with Gasteiger partial charge in [-0.3, -0.25) is 0 Å². The quantitative estimate of drug-likeness (QED) is 0.904. The van der Waals surface area contributed by atoms with Crippen LogP contribution in [0.2, 0.25) is 0 Å². The van der Waals surface area contributed by atoms with Crippen molar-refractivity contribution in [2.24, 2.45) is 5.73 Å². The molecule has 0 amide bonds. The van der Waals surface area contributed by atoms with Crippen LogP contribution in [0.5, 0.6) is 11.5 Å². The first-order valence-electron chi connectivity index (χ1n) is 7.34. The minimum atomic E-state index is -0.670. The minimum Gasteiger partial charge on any atom is -0.497 e. The lowest BCUT2D eigenvalue weighted by Gasteiger charge is -2.34. The highest BCUT2D eigenvalue weighted by atomic mass is 16.5. The molecule has 22 heavy (non-hydrogen) atoms. The zero-order chi connectivity index (χ0) is 15.7. The highest BCUT2D eigenvalue weighted by molar-refractivity contribution is 5.58. The zero-order valence-corrected chi connectivity index (χ0v) is 12.9. The number of rotatable bonds is 4. The Hall–Kier alpha value is -2.04. The molecular weight excluding hydrogens is 278 g/mol. The van der Waals surface area contributed by atoms with Crippen LogP contribution in [0.1, 0.15) is 16.7 Å². The molecule has 2 aromatic rings. The van der Waals surface area contributed by atoms with Gasteiger partial charge in [-0.05, 0) is 35.7 Å². The van der Waals surface area contributed by atoms with E-state index in [-0.39, 0.29) is 12.6 Å². The second kappa shape index (κ2) is 5.63. The second-order valence-electron chi connectivity index (χ2n) is 5.67. The fourth-order valence-electron chi connectivity index (χ4n) is 3.57. The van der Waals surface area contributed by atoms with E-state index < -0.39 is 5.41 Å². The smallest absolute Gasteiger partial charge is 0.123 e. The standard InChI is InChI=1S/C18H21NO3/c1-21-14-7-4-6-13(10-14)18(11-20)16(19)9-12-5-3-8-15(22-2)17(12)18/h3-8,10,16,20H,9,11,19H2,1-2H3/t16-,18?/m0/s1. The molecule has 0 bridgehead atoms. The summed E-state index contributed by atoms with van der Waals surface area (Å²) in [7, 11) is 3.28. The number of aliphatic hydroxyl groups is 1. The van der Waals surface area contributed by atoms with Gasteiger partial charge in [0.05, 0.1) is 26.2 Å². The van der Waals surface area contributed by atoms with Gasteiger partial charge in [0.25, 0.3) is 0 Å². The van der Waals surface area contributed by atoms with Gasteiger partial charge in [0, 0.05) is 11.6 Å². The van der Waals surface area contributed by atoms with Crippen molar-refractivity contribution in [1.29, 1.82) is 0 Å². The number of hydrogen-bond donors (Lipinski definition) is 2. The summed E-state index contributed by atoms with van der Waals surface area (Å²) in [6.07, 6.45) is 0.713. The maximum Gasteiger partial charge on any atom is 0.123 e. The molecule has 0 radical (unpaired) electrons. The van der Waals surface area contributed by atoms with Crippen molar-refractivity contribution < 1.29 is 14.6 Å². The molecule has 0 saturated carbocycles. The number of methoxy groups -OCH3 is 2. The van der Waals surface area contributed by atoms with Crippen molar-refractivity contribution in [2.75, 3.05) is 20.8 Å². The van der Waals surface area contributed by atoms with Gasteiger partial charge in [-0.2, -0.15) is 0 Å². The zero-order valence-electron chi connectivity index (χ0n) is 12.9. The monoisotopic (exact) mass is 299 g/mol. The summed E-state index contributed by atoms with van der Waals surface area (Å²) in [5.74, 6) is 1.52. The SMILES string of the molecule is COc1cccc(C2(CO)c3c(cccc3OC)C[C@@H]2N)c1. The fraction of sp³-hybridized carbons (Fsp3) is 0.333. The lowest BCUT2D eigenvalue weighted by atomic mass is 9.73. The third-order valence-corrected chi connectivity index (χ3v) is 4.69. The van der Waals surface area contributed by atoms with E-state index in [2.05, 4.69) is 6.07 Å². The Bertz CT molecular complexity index is 686. The normalized spacial score (nSPS) is 23.2. The van der Waals surface area contributed by atoms with Gasteiger partial charge in [-0.1, -0.05) is 24.3 Å². The number of ether oxygens (including phenoxy) is 2. The van der Waals surface area contributed by atoms with E-state index in [1.807, 2.05) is 36.4 Å². The van der Waals surface area contributed by atoms with E-state index in [1.54, 1.807) is 14.2 Å². The van der Waals surface area contributed by atoms with Crippen LogP contribution in [0.3, 0.4) is 0 Å². The Morgan fingerprint density at radius 3 is 2.64 bits per heavy atom. The van der Waals surface area contributed by atoms with Crippen molar-refractivity contribution >= 4 is 0 Å². The predicted octanol–water partition coefficient (Wildman–Crippen LogP) is 1.87. The van der Waals surface area contributed by atoms with E-state index in [9.17, 15) is 5.11 Å². The van der Waals surface area contributed by atoms with E-state index in [1.165, 1.54) is 0 Å². The molecule has 3 rings (SSSR count). The molecule has 1 aliphatic rings. The summed E-state index contributed by atoms with van der Waals surface area (Å²) < 4.78 is 10.9. The van der Waals surface area contributed by atoms with Gasteiger partial charge in [0.1, 0.15) is 11.5 Å². The summed E-state index contributed by atoms with van der Waals surface area (Å²) in [4.78, 5) is 0. The topological polar surface area (TPSA) is 64.7 Å². The van der Waals surface area contributed by atoms with Crippen molar-refractivity contribution in [2.45, 2.75) is 17.9 Å². The van der Waals surface area contributed by atoms with Gasteiger partial charge in [-0.25, -0.2) is 0 Å². The number of fused-ring (bicyclic) bond motifs is 1. The van der Waals surface area contributed by atoms with Crippen LogP contribution in [-0.2, 0) is 11.8 Å². The molecule has 4 heteroatoms. The largest absolute Gasteiger partial charge is 0.497 e. The Morgan fingerprint density at radius 2 is 1.95 bits per heavy atom. The highest BCUT2D eigenvalue weighted by Gasteiger charge is 2.48. The number of hydrogen-bond acceptors (Lipinski definition) is 4. The van der Waals surface area contributed by atoms with Crippen molar-refractivity contribution in [3.8, 4) is 11.5 Å². The van der Waals surface area contributed by atoms with Crippen LogP contribution in [0.15, 0.2) is 42.5 Å². The maximum absolute atomic E-state index is 10.3. The third kappa shape index (κ3) is 1.99. The molecule has 2 atom stereocenters. The van der Waals surface area contributed by atoms with Gasteiger partial charge in [0.15, 0.2) is 0 Å². The molecular formula is C18H21NO3. The maximum atomic E-state index is 10.3. The summed E-state index contributed by atoms with van der Waals surface area (Å²) in [6.45, 7) is -0.0747. The van der Waals surface area contributed by atoms with Crippen LogP contribution in [0, 0.1) is 0 Å². The van der Waals surface area contributed by atoms with Crippen molar-refractivity contribution in [3.05, 3.63) is 59.2 Å². The molecule has 1 unspecified atom stereocenters. The number of aliphatic hydroxyl groups excluding tert-OH is 1. The van der Waals surface area contributed by atoms with Gasteiger partial charge in [0.2, 0.25) is 0 Å². The predicted molar refractivity (Wildman–Crippen MR) is 85.5 cm³/mol. The average molecular weight is 299 g/mol. The Balaban J connectivity index is 2.26. The van der Waals surface area contributed by atoms with E-state index in [0.717, 1.165) is 28.2 Å². The van der Waals surface area contributed by atoms with Crippen LogP contribution < -0.4 is 15.2 Å². The van der Waals surface area contributed by atoms with Crippen LogP contribution in [0.25, 0.3) is 0 Å². The summed E-state index contributed by atoms with van der Waals surface area (Å²) in [5, 5.41) is 10.3. The molecule has 3 N–H and O–H groups in total. The van der Waals surface area contributed by atoms with E-state index >= 15 is 0 Å². The summed E-state index contributed by atoms with van der Waals surface area (Å²) in [6, 6.07) is 13.5. The second-order valence-corrected chi connectivity index (χ2v) is 5.67. The molecule has 2 aromatic carbocycles. The molecule has 0 spiro atoms. The number of nitrogens with two attached hydrogens (primary N) is 1. The molecule has 0 heterocycles. The van der Waals surface area contributed by atoms with Gasteiger partial charge < -0.3 is 20.3 Å². The lowest BCUT2D eigenvalue weighted by molar-refractivity contribution is 0.202. The van der Waals surface area contributed by atoms with Crippen LogP contribution in [0.4, 0.5) is 0 Å². The first-order chi connectivity index (χ1) is 10.7. The fourth-order valence-corrected chi connectivity index (χ4v) is 3.57. The summed E-state index contributed by atoms with van der Waals surface area (Å²) in [5.41, 5.74) is 8.86. The Morgan fingerprint density at radius 1 is 1.18 bits per heavy atom. The Kier molecular flexibility index (Phi) is 3.81. The van der Waals surface area contributed by atoms with Crippen LogP contribution >= 0.6 is 0 Å². The molecule has 4 nitrogen and oxygen atoms in total. The molecule has 1 aliphatic carbocycles. The van der Waals surface area contributed by atoms with Gasteiger partial charge in [-0.15, -0.1) is 0 Å². The molecule has 0 saturated heterocycles. The first-order valence-corrected chi connectivity index (χ1v) is 7.34.